The lowest BCUT2D eigenvalue weighted by atomic mass is 9.84. The first-order valence-electron chi connectivity index (χ1n) is 9.76. The normalized spacial score (nSPS) is 17.2. The number of hydrazone groups is 1. The fourth-order valence-corrected chi connectivity index (χ4v) is 4.07. The minimum absolute atomic E-state index is 0.111. The molecule has 3 aromatic rings. The van der Waals surface area contributed by atoms with Gasteiger partial charge in [0.25, 0.3) is 0 Å². The van der Waals surface area contributed by atoms with Gasteiger partial charge in [-0.05, 0) is 43.5 Å². The highest BCUT2D eigenvalue weighted by molar-refractivity contribution is 5.88. The van der Waals surface area contributed by atoms with Gasteiger partial charge in [-0.1, -0.05) is 71.8 Å². The van der Waals surface area contributed by atoms with Gasteiger partial charge < -0.3 is 5.11 Å². The fourth-order valence-electron chi connectivity index (χ4n) is 4.07. The lowest BCUT2D eigenvalue weighted by Gasteiger charge is -2.19. The van der Waals surface area contributed by atoms with Crippen molar-refractivity contribution in [3.05, 3.63) is 101 Å². The van der Waals surface area contributed by atoms with Crippen LogP contribution in [0, 0.1) is 19.8 Å². The van der Waals surface area contributed by atoms with Crippen molar-refractivity contribution in [1.82, 2.24) is 5.43 Å². The van der Waals surface area contributed by atoms with E-state index in [9.17, 15) is 9.90 Å². The number of amides is 1. The fraction of sp³-hybridized carbons (Fsp3) is 0.200. The first-order valence-corrected chi connectivity index (χ1v) is 9.76. The van der Waals surface area contributed by atoms with Gasteiger partial charge in [-0.2, -0.15) is 5.10 Å². The number of hydrogen-bond donors (Lipinski definition) is 2. The average Bonchev–Trinajstić information content (AvgIpc) is 3.47. The second-order valence-electron chi connectivity index (χ2n) is 7.76. The number of carbonyl (C=O) groups excluding carboxylic acids is 1. The topological polar surface area (TPSA) is 61.7 Å². The molecule has 4 nitrogen and oxygen atoms in total. The molecule has 4 rings (SSSR count). The molecular formula is C25H24N2O2. The minimum Gasteiger partial charge on any atom is -0.507 e. The summed E-state index contributed by atoms with van der Waals surface area (Å²) in [5.41, 5.74) is 7.58. The minimum atomic E-state index is -0.327. The van der Waals surface area contributed by atoms with Crippen LogP contribution in [0.1, 0.15) is 34.2 Å². The van der Waals surface area contributed by atoms with Crippen LogP contribution in [-0.4, -0.2) is 17.2 Å². The van der Waals surface area contributed by atoms with Crippen molar-refractivity contribution in [3.8, 4) is 5.75 Å². The molecule has 0 aromatic heterocycles. The zero-order valence-corrected chi connectivity index (χ0v) is 16.6. The van der Waals surface area contributed by atoms with Crippen LogP contribution in [0.25, 0.3) is 0 Å². The summed E-state index contributed by atoms with van der Waals surface area (Å²) in [5.74, 6) is -0.168. The van der Waals surface area contributed by atoms with E-state index in [1.165, 1.54) is 17.3 Å². The van der Waals surface area contributed by atoms with E-state index >= 15 is 0 Å². The summed E-state index contributed by atoms with van der Waals surface area (Å²) in [7, 11) is 0. The van der Waals surface area contributed by atoms with E-state index in [-0.39, 0.29) is 23.0 Å². The van der Waals surface area contributed by atoms with Gasteiger partial charge in [-0.3, -0.25) is 4.79 Å². The van der Waals surface area contributed by atoms with Gasteiger partial charge >= 0.3 is 0 Å². The third kappa shape index (κ3) is 3.66. The summed E-state index contributed by atoms with van der Waals surface area (Å²) in [5, 5.41) is 13.9. The average molecular weight is 384 g/mol. The molecule has 4 heteroatoms. The van der Waals surface area contributed by atoms with Crippen LogP contribution in [0.15, 0.2) is 77.9 Å². The number of benzene rings is 3. The van der Waals surface area contributed by atoms with Crippen molar-refractivity contribution in [2.45, 2.75) is 25.7 Å². The Hall–Kier alpha value is -3.40. The summed E-state index contributed by atoms with van der Waals surface area (Å²) in [4.78, 5) is 12.9. The third-order valence-electron chi connectivity index (χ3n) is 5.66. The molecule has 0 spiro atoms. The van der Waals surface area contributed by atoms with E-state index in [1.807, 2.05) is 18.2 Å². The molecule has 1 fully saturated rings. The molecule has 2 N–H and O–H groups in total. The molecule has 0 heterocycles. The lowest BCUT2D eigenvalue weighted by molar-refractivity contribution is -0.122. The molecule has 1 amide bonds. The lowest BCUT2D eigenvalue weighted by Crippen LogP contribution is -2.25. The van der Waals surface area contributed by atoms with Crippen LogP contribution in [0.2, 0.25) is 0 Å². The highest BCUT2D eigenvalue weighted by Crippen LogP contribution is 2.59. The van der Waals surface area contributed by atoms with Crippen LogP contribution < -0.4 is 5.43 Å². The van der Waals surface area contributed by atoms with Crippen LogP contribution in [0.5, 0.6) is 5.75 Å². The highest BCUT2D eigenvalue weighted by Gasteiger charge is 2.60. The molecule has 1 aliphatic carbocycles. The number of aryl methyl sites for hydroxylation is 2. The van der Waals surface area contributed by atoms with E-state index in [4.69, 9.17) is 0 Å². The van der Waals surface area contributed by atoms with Crippen molar-refractivity contribution in [3.63, 3.8) is 0 Å². The first-order chi connectivity index (χ1) is 14.0. The summed E-state index contributed by atoms with van der Waals surface area (Å²) in [6.45, 7) is 4.14. The maximum absolute atomic E-state index is 12.9. The number of phenolic OH excluding ortho intramolecular Hbond substituents is 1. The zero-order chi connectivity index (χ0) is 20.4. The van der Waals surface area contributed by atoms with E-state index in [1.54, 1.807) is 18.2 Å². The van der Waals surface area contributed by atoms with E-state index in [0.717, 1.165) is 17.5 Å². The Labute approximate surface area is 170 Å². The molecular weight excluding hydrogens is 360 g/mol. The Balaban J connectivity index is 1.60. The van der Waals surface area contributed by atoms with Crippen LogP contribution >= 0.6 is 0 Å². The molecule has 1 aliphatic rings. The Bertz CT molecular complexity index is 1040. The van der Waals surface area contributed by atoms with Crippen molar-refractivity contribution < 1.29 is 9.90 Å². The smallest absolute Gasteiger partial charge is 0.244 e. The Morgan fingerprint density at radius 2 is 1.62 bits per heavy atom. The van der Waals surface area contributed by atoms with E-state index in [0.29, 0.717) is 5.56 Å². The number of rotatable bonds is 5. The molecule has 1 unspecified atom stereocenters. The third-order valence-corrected chi connectivity index (χ3v) is 5.66. The number of carbonyl (C=O) groups is 1. The molecule has 0 aliphatic heterocycles. The number of aromatic hydroxyl groups is 1. The number of para-hydroxylation sites is 1. The molecule has 0 bridgehead atoms. The van der Waals surface area contributed by atoms with Crippen LogP contribution in [0.3, 0.4) is 0 Å². The van der Waals surface area contributed by atoms with E-state index in [2.05, 4.69) is 60.8 Å². The predicted molar refractivity (Wildman–Crippen MR) is 115 cm³/mol. The first kappa shape index (κ1) is 18.9. The summed E-state index contributed by atoms with van der Waals surface area (Å²) in [6, 6.07) is 23.7. The molecule has 1 saturated carbocycles. The number of hydrogen-bond acceptors (Lipinski definition) is 3. The Morgan fingerprint density at radius 1 is 1.00 bits per heavy atom. The van der Waals surface area contributed by atoms with Gasteiger partial charge in [0, 0.05) is 11.0 Å². The van der Waals surface area contributed by atoms with E-state index < -0.39 is 0 Å². The second kappa shape index (κ2) is 7.55. The zero-order valence-electron chi connectivity index (χ0n) is 16.6. The molecule has 0 saturated heterocycles. The highest BCUT2D eigenvalue weighted by atomic mass is 16.3. The standard InChI is InChI=1S/C25H24N2O2/c1-17-7-5-10-20(13-17)25(21-11-6-8-18(2)14-21)15-22(25)24(29)27-26-16-19-9-3-4-12-23(19)28/h3-14,16,22,28H,15H2,1-2H3,(H,27,29)/b26-16+. The molecule has 146 valence electrons. The Kier molecular flexibility index (Phi) is 4.93. The Morgan fingerprint density at radius 3 is 2.21 bits per heavy atom. The maximum Gasteiger partial charge on any atom is 0.244 e. The predicted octanol–water partition coefficient (Wildman–Crippen LogP) is 4.47. The van der Waals surface area contributed by atoms with Gasteiger partial charge in [-0.15, -0.1) is 0 Å². The van der Waals surface area contributed by atoms with Crippen molar-refractivity contribution in [2.75, 3.05) is 0 Å². The number of phenols is 1. The quantitative estimate of drug-likeness (QED) is 0.504. The van der Waals surface area contributed by atoms with Gasteiger partial charge in [-0.25, -0.2) is 5.43 Å². The summed E-state index contributed by atoms with van der Waals surface area (Å²) in [6.07, 6.45) is 2.22. The molecule has 3 aromatic carbocycles. The summed E-state index contributed by atoms with van der Waals surface area (Å²) < 4.78 is 0. The van der Waals surface area contributed by atoms with Gasteiger partial charge in [0.05, 0.1) is 12.1 Å². The molecule has 0 radical (unpaired) electrons. The van der Waals surface area contributed by atoms with Gasteiger partial charge in [0.1, 0.15) is 5.75 Å². The van der Waals surface area contributed by atoms with Gasteiger partial charge in [0.15, 0.2) is 0 Å². The van der Waals surface area contributed by atoms with Crippen molar-refractivity contribution in [2.24, 2.45) is 11.0 Å². The molecule has 1 atom stereocenters. The largest absolute Gasteiger partial charge is 0.507 e. The van der Waals surface area contributed by atoms with Crippen LogP contribution in [0.4, 0.5) is 0 Å². The monoisotopic (exact) mass is 384 g/mol. The summed E-state index contributed by atoms with van der Waals surface area (Å²) >= 11 is 0. The van der Waals surface area contributed by atoms with Gasteiger partial charge in [0.2, 0.25) is 5.91 Å². The SMILES string of the molecule is Cc1cccc(C2(c3cccc(C)c3)CC2C(=O)N/N=C/c2ccccc2O)c1. The number of nitrogens with one attached hydrogen (secondary N) is 1. The van der Waals surface area contributed by atoms with Crippen LogP contribution in [-0.2, 0) is 10.2 Å². The van der Waals surface area contributed by atoms with Crippen molar-refractivity contribution >= 4 is 12.1 Å². The maximum atomic E-state index is 12.9. The number of nitrogens with zero attached hydrogens (tertiary/aromatic N) is 1. The molecule has 29 heavy (non-hydrogen) atoms. The van der Waals surface area contributed by atoms with Crippen molar-refractivity contribution in [1.29, 1.82) is 0 Å². The second-order valence-corrected chi connectivity index (χ2v) is 7.76.